The number of likely N-dealkylation sites (N-methyl/N-ethyl adjacent to an activating group) is 1. The number of piperazine rings is 1. The van der Waals surface area contributed by atoms with Crippen molar-refractivity contribution in [3.05, 3.63) is 0 Å². The Morgan fingerprint density at radius 2 is 2.27 bits per heavy atom. The highest BCUT2D eigenvalue weighted by atomic mass is 16.2. The molecule has 1 aliphatic heterocycles. The Labute approximate surface area is 67.8 Å². The molecular weight excluding hydrogens is 140 g/mol. The first-order valence-corrected chi connectivity index (χ1v) is 4.07. The summed E-state index contributed by atoms with van der Waals surface area (Å²) < 4.78 is 0. The van der Waals surface area contributed by atoms with E-state index in [0.29, 0.717) is 6.54 Å². The molecule has 0 unspecified atom stereocenters. The Kier molecular flexibility index (Phi) is 2.18. The lowest BCUT2D eigenvalue weighted by Crippen LogP contribution is -2.59. The van der Waals surface area contributed by atoms with Crippen LogP contribution in [0.1, 0.15) is 20.8 Å². The molecule has 1 rings (SSSR count). The number of amides is 1. The van der Waals surface area contributed by atoms with Crippen molar-refractivity contribution < 1.29 is 4.79 Å². The van der Waals surface area contributed by atoms with E-state index in [0.717, 1.165) is 13.1 Å². The molecule has 0 aromatic carbocycles. The number of hydrogen-bond acceptors (Lipinski definition) is 2. The molecular formula is C8H16N2O. The minimum absolute atomic E-state index is 0.0503. The zero-order valence-electron chi connectivity index (χ0n) is 7.48. The highest BCUT2D eigenvalue weighted by Crippen LogP contribution is 2.09. The zero-order valence-corrected chi connectivity index (χ0v) is 7.48. The summed E-state index contributed by atoms with van der Waals surface area (Å²) in [6, 6.07) is 0. The molecule has 1 aliphatic rings. The highest BCUT2D eigenvalue weighted by Gasteiger charge is 2.28. The van der Waals surface area contributed by atoms with Gasteiger partial charge in [0.2, 0.25) is 5.91 Å². The van der Waals surface area contributed by atoms with Gasteiger partial charge in [-0.05, 0) is 20.4 Å². The van der Waals surface area contributed by atoms with Crippen molar-refractivity contribution in [2.45, 2.75) is 26.3 Å². The molecule has 64 valence electrons. The first-order valence-electron chi connectivity index (χ1n) is 4.07. The van der Waals surface area contributed by atoms with Crippen LogP contribution in [0.25, 0.3) is 0 Å². The molecule has 1 amide bonds. The Morgan fingerprint density at radius 3 is 2.73 bits per heavy atom. The van der Waals surface area contributed by atoms with Crippen molar-refractivity contribution in [1.29, 1.82) is 0 Å². The SMILES string of the molecule is CCN1CC(=O)NC(C)(C)C1. The lowest BCUT2D eigenvalue weighted by Gasteiger charge is -2.37. The van der Waals surface area contributed by atoms with Gasteiger partial charge in [-0.25, -0.2) is 0 Å². The summed E-state index contributed by atoms with van der Waals surface area (Å²) >= 11 is 0. The summed E-state index contributed by atoms with van der Waals surface area (Å²) in [5.41, 5.74) is -0.0503. The van der Waals surface area contributed by atoms with E-state index >= 15 is 0 Å². The van der Waals surface area contributed by atoms with Crippen LogP contribution in [0.4, 0.5) is 0 Å². The smallest absolute Gasteiger partial charge is 0.234 e. The molecule has 0 radical (unpaired) electrons. The topological polar surface area (TPSA) is 32.3 Å². The van der Waals surface area contributed by atoms with Crippen LogP contribution in [0.15, 0.2) is 0 Å². The largest absolute Gasteiger partial charge is 0.349 e. The fourth-order valence-corrected chi connectivity index (χ4v) is 1.50. The predicted molar refractivity (Wildman–Crippen MR) is 44.3 cm³/mol. The quantitative estimate of drug-likeness (QED) is 0.589. The number of carbonyl (C=O) groups is 1. The van der Waals surface area contributed by atoms with Crippen LogP contribution in [0.2, 0.25) is 0 Å². The lowest BCUT2D eigenvalue weighted by molar-refractivity contribution is -0.127. The van der Waals surface area contributed by atoms with E-state index in [1.807, 2.05) is 13.8 Å². The van der Waals surface area contributed by atoms with E-state index in [2.05, 4.69) is 17.1 Å². The normalized spacial score (nSPS) is 24.8. The zero-order chi connectivity index (χ0) is 8.48. The van der Waals surface area contributed by atoms with Crippen molar-refractivity contribution >= 4 is 5.91 Å². The van der Waals surface area contributed by atoms with E-state index < -0.39 is 0 Å². The molecule has 1 N–H and O–H groups in total. The van der Waals surface area contributed by atoms with Crippen LogP contribution >= 0.6 is 0 Å². The average Bonchev–Trinajstić information content (AvgIpc) is 1.83. The van der Waals surface area contributed by atoms with Gasteiger partial charge in [-0.1, -0.05) is 6.92 Å². The predicted octanol–water partition coefficient (Wildman–Crippen LogP) is 0.217. The molecule has 0 spiro atoms. The van der Waals surface area contributed by atoms with E-state index in [1.54, 1.807) is 0 Å². The van der Waals surface area contributed by atoms with Crippen molar-refractivity contribution in [3.8, 4) is 0 Å². The minimum Gasteiger partial charge on any atom is -0.349 e. The van der Waals surface area contributed by atoms with Crippen LogP contribution in [0.5, 0.6) is 0 Å². The summed E-state index contributed by atoms with van der Waals surface area (Å²) in [6.45, 7) is 8.64. The van der Waals surface area contributed by atoms with Crippen LogP contribution in [0.3, 0.4) is 0 Å². The van der Waals surface area contributed by atoms with Crippen LogP contribution < -0.4 is 5.32 Å². The van der Waals surface area contributed by atoms with Gasteiger partial charge < -0.3 is 5.32 Å². The standard InChI is InChI=1S/C8H16N2O/c1-4-10-5-7(11)9-8(2,3)6-10/h4-6H2,1-3H3,(H,9,11). The molecule has 11 heavy (non-hydrogen) atoms. The van der Waals surface area contributed by atoms with Crippen molar-refractivity contribution in [2.24, 2.45) is 0 Å². The third kappa shape index (κ3) is 2.19. The van der Waals surface area contributed by atoms with Gasteiger partial charge in [0, 0.05) is 12.1 Å². The highest BCUT2D eigenvalue weighted by molar-refractivity contribution is 5.79. The Balaban J connectivity index is 2.58. The minimum atomic E-state index is -0.0503. The fourth-order valence-electron chi connectivity index (χ4n) is 1.50. The summed E-state index contributed by atoms with van der Waals surface area (Å²) in [7, 11) is 0. The number of nitrogens with one attached hydrogen (secondary N) is 1. The van der Waals surface area contributed by atoms with E-state index in [-0.39, 0.29) is 11.4 Å². The second kappa shape index (κ2) is 2.81. The Morgan fingerprint density at radius 1 is 1.64 bits per heavy atom. The maximum Gasteiger partial charge on any atom is 0.234 e. The molecule has 0 bridgehead atoms. The Hall–Kier alpha value is -0.570. The number of hydrogen-bond donors (Lipinski definition) is 1. The number of rotatable bonds is 1. The summed E-state index contributed by atoms with van der Waals surface area (Å²) in [4.78, 5) is 13.2. The fraction of sp³-hybridized carbons (Fsp3) is 0.875. The van der Waals surface area contributed by atoms with Gasteiger partial charge in [0.25, 0.3) is 0 Å². The molecule has 1 heterocycles. The molecule has 3 nitrogen and oxygen atoms in total. The molecule has 0 atom stereocenters. The first kappa shape index (κ1) is 8.53. The summed E-state index contributed by atoms with van der Waals surface area (Å²) in [5, 5.41) is 2.94. The summed E-state index contributed by atoms with van der Waals surface area (Å²) in [6.07, 6.45) is 0. The van der Waals surface area contributed by atoms with Gasteiger partial charge in [-0.2, -0.15) is 0 Å². The molecule has 1 fully saturated rings. The van der Waals surface area contributed by atoms with E-state index in [4.69, 9.17) is 0 Å². The number of nitrogens with zero attached hydrogens (tertiary/aromatic N) is 1. The average molecular weight is 156 g/mol. The Bertz CT molecular complexity index is 165. The van der Waals surface area contributed by atoms with Gasteiger partial charge in [0.15, 0.2) is 0 Å². The number of carbonyl (C=O) groups excluding carboxylic acids is 1. The molecule has 0 aliphatic carbocycles. The van der Waals surface area contributed by atoms with Crippen LogP contribution in [-0.2, 0) is 4.79 Å². The monoisotopic (exact) mass is 156 g/mol. The van der Waals surface area contributed by atoms with Gasteiger partial charge in [-0.3, -0.25) is 9.69 Å². The molecule has 3 heteroatoms. The molecule has 0 aromatic heterocycles. The van der Waals surface area contributed by atoms with Gasteiger partial charge in [-0.15, -0.1) is 0 Å². The first-order chi connectivity index (χ1) is 5.03. The van der Waals surface area contributed by atoms with Crippen molar-refractivity contribution in [2.75, 3.05) is 19.6 Å². The van der Waals surface area contributed by atoms with Crippen molar-refractivity contribution in [3.63, 3.8) is 0 Å². The third-order valence-electron chi connectivity index (χ3n) is 1.91. The maximum absolute atomic E-state index is 11.1. The molecule has 1 saturated heterocycles. The second-order valence-electron chi connectivity index (χ2n) is 3.74. The molecule has 0 aromatic rings. The van der Waals surface area contributed by atoms with Crippen LogP contribution in [-0.4, -0.2) is 36.0 Å². The van der Waals surface area contributed by atoms with Gasteiger partial charge in [0.05, 0.1) is 6.54 Å². The van der Waals surface area contributed by atoms with Gasteiger partial charge in [0.1, 0.15) is 0 Å². The van der Waals surface area contributed by atoms with Gasteiger partial charge >= 0.3 is 0 Å². The van der Waals surface area contributed by atoms with Crippen molar-refractivity contribution in [1.82, 2.24) is 10.2 Å². The molecule has 0 saturated carbocycles. The lowest BCUT2D eigenvalue weighted by atomic mass is 10.0. The van der Waals surface area contributed by atoms with E-state index in [1.165, 1.54) is 0 Å². The summed E-state index contributed by atoms with van der Waals surface area (Å²) in [5.74, 6) is 0.142. The maximum atomic E-state index is 11.1. The third-order valence-corrected chi connectivity index (χ3v) is 1.91. The van der Waals surface area contributed by atoms with E-state index in [9.17, 15) is 4.79 Å². The second-order valence-corrected chi connectivity index (χ2v) is 3.74. The van der Waals surface area contributed by atoms with Crippen LogP contribution in [0, 0.1) is 0 Å².